The maximum absolute atomic E-state index is 14.7. The summed E-state index contributed by atoms with van der Waals surface area (Å²) < 4.78 is 15.7. The zero-order valence-electron chi connectivity index (χ0n) is 15.0. The molecule has 0 saturated carbocycles. The van der Waals surface area contributed by atoms with Crippen LogP contribution in [0.15, 0.2) is 108 Å². The van der Waals surface area contributed by atoms with Crippen LogP contribution in [0.1, 0.15) is 0 Å². The lowest BCUT2D eigenvalue weighted by atomic mass is 10.2. The molecule has 1 aliphatic rings. The summed E-state index contributed by atoms with van der Waals surface area (Å²) in [4.78, 5) is 2.20. The first-order valence-electron chi connectivity index (χ1n) is 9.10. The van der Waals surface area contributed by atoms with Gasteiger partial charge in [-0.25, -0.2) is 0 Å². The summed E-state index contributed by atoms with van der Waals surface area (Å²) in [7, 11) is -2.99. The summed E-state index contributed by atoms with van der Waals surface area (Å²) in [5.74, 6) is 0. The normalized spacial score (nSPS) is 17.7. The molecule has 1 unspecified atom stereocenters. The third-order valence-electron chi connectivity index (χ3n) is 5.11. The van der Waals surface area contributed by atoms with Crippen LogP contribution < -0.4 is 20.8 Å². The maximum atomic E-state index is 14.7. The second-order valence-electron chi connectivity index (χ2n) is 6.74. The van der Waals surface area contributed by atoms with Crippen molar-refractivity contribution in [3.63, 3.8) is 0 Å². The van der Waals surface area contributed by atoms with Gasteiger partial charge in [0.15, 0.2) is 7.14 Å². The number of hydrogen-bond acceptors (Lipinski definition) is 2. The van der Waals surface area contributed by atoms with E-state index in [2.05, 4.69) is 45.1 Å². The van der Waals surface area contributed by atoms with Gasteiger partial charge in [0.1, 0.15) is 0 Å². The fraction of sp³-hybridized carbons (Fsp3) is 0. The van der Waals surface area contributed by atoms with Crippen LogP contribution in [0.4, 0.5) is 17.1 Å². The van der Waals surface area contributed by atoms with Crippen LogP contribution in [0.25, 0.3) is 0 Å². The topological polar surface area (TPSA) is 20.3 Å². The van der Waals surface area contributed by atoms with Gasteiger partial charge in [-0.3, -0.25) is 0 Å². The monoisotopic (exact) mass is 445 g/mol. The van der Waals surface area contributed by atoms with E-state index in [4.69, 9.17) is 0 Å². The number of nitrogens with zero attached hydrogens (tertiary/aromatic N) is 1. The van der Waals surface area contributed by atoms with Gasteiger partial charge < -0.3 is 9.46 Å². The summed E-state index contributed by atoms with van der Waals surface area (Å²) in [5, 5.41) is 2.60. The van der Waals surface area contributed by atoms with Crippen molar-refractivity contribution in [3.8, 4) is 0 Å². The van der Waals surface area contributed by atoms with E-state index in [0.29, 0.717) is 0 Å². The Morgan fingerprint density at radius 2 is 1.25 bits per heavy atom. The minimum atomic E-state index is -2.99. The number of para-hydroxylation sites is 2. The quantitative estimate of drug-likeness (QED) is 0.316. The van der Waals surface area contributed by atoms with E-state index in [9.17, 15) is 4.57 Å². The molecule has 1 atom stereocenters. The molecule has 28 heavy (non-hydrogen) atoms. The lowest BCUT2D eigenvalue weighted by Crippen LogP contribution is -2.36. The Labute approximate surface area is 173 Å². The lowest BCUT2D eigenvalue weighted by molar-refractivity contribution is 0.592. The molecule has 1 heterocycles. The largest absolute Gasteiger partial charge is 0.309 e. The molecule has 5 rings (SSSR count). The molecule has 4 aromatic rings. The molecular formula is C24H17BrNOP. The van der Waals surface area contributed by atoms with E-state index in [-0.39, 0.29) is 0 Å². The molecule has 0 N–H and O–H groups in total. The van der Waals surface area contributed by atoms with E-state index in [1.165, 1.54) is 0 Å². The van der Waals surface area contributed by atoms with Crippen molar-refractivity contribution in [3.05, 3.63) is 108 Å². The molecular weight excluding hydrogens is 429 g/mol. The van der Waals surface area contributed by atoms with Gasteiger partial charge in [0.2, 0.25) is 0 Å². The molecule has 0 aliphatic carbocycles. The molecule has 0 saturated heterocycles. The summed E-state index contributed by atoms with van der Waals surface area (Å²) in [6.07, 6.45) is 0. The Morgan fingerprint density at radius 3 is 2.00 bits per heavy atom. The number of benzene rings is 4. The molecule has 0 spiro atoms. The summed E-state index contributed by atoms with van der Waals surface area (Å²) in [6.45, 7) is 0. The second kappa shape index (κ2) is 6.77. The summed E-state index contributed by atoms with van der Waals surface area (Å²) in [6, 6.07) is 34.1. The molecule has 4 aromatic carbocycles. The number of halogens is 1. The Hall–Kier alpha value is -2.61. The van der Waals surface area contributed by atoms with Crippen molar-refractivity contribution in [2.75, 3.05) is 4.90 Å². The van der Waals surface area contributed by atoms with E-state index in [0.717, 1.165) is 37.4 Å². The smallest absolute Gasteiger partial charge is 0.175 e. The van der Waals surface area contributed by atoms with E-state index in [1.807, 2.05) is 78.9 Å². The van der Waals surface area contributed by atoms with Gasteiger partial charge in [-0.15, -0.1) is 0 Å². The van der Waals surface area contributed by atoms with Crippen molar-refractivity contribution in [2.24, 2.45) is 0 Å². The highest BCUT2D eigenvalue weighted by molar-refractivity contribution is 9.10. The Balaban J connectivity index is 1.89. The fourth-order valence-electron chi connectivity index (χ4n) is 3.89. The molecule has 2 nitrogen and oxygen atoms in total. The predicted molar refractivity (Wildman–Crippen MR) is 122 cm³/mol. The highest BCUT2D eigenvalue weighted by Gasteiger charge is 2.40. The van der Waals surface area contributed by atoms with Gasteiger partial charge in [0.05, 0.1) is 11.4 Å². The van der Waals surface area contributed by atoms with Crippen LogP contribution >= 0.6 is 23.1 Å². The molecule has 1 aliphatic heterocycles. The number of hydrogen-bond donors (Lipinski definition) is 0. The number of rotatable bonds is 2. The zero-order valence-corrected chi connectivity index (χ0v) is 17.5. The van der Waals surface area contributed by atoms with E-state index >= 15 is 0 Å². The van der Waals surface area contributed by atoms with Gasteiger partial charge in [-0.05, 0) is 42.5 Å². The van der Waals surface area contributed by atoms with Crippen LogP contribution in [0.5, 0.6) is 0 Å². The van der Waals surface area contributed by atoms with Crippen molar-refractivity contribution >= 4 is 56.0 Å². The standard InChI is InChI=1S/C24H17BrNOP/c25-18-15-16-24-22(17-18)26(19-9-3-1-4-10-19)21-13-7-8-14-23(21)28(24,27)20-11-5-2-6-12-20/h1-17H. The Bertz CT molecular complexity index is 1210. The fourth-order valence-corrected chi connectivity index (χ4v) is 7.21. The van der Waals surface area contributed by atoms with Crippen LogP contribution in [0.2, 0.25) is 0 Å². The first-order chi connectivity index (χ1) is 13.7. The maximum Gasteiger partial charge on any atom is 0.175 e. The molecule has 0 fully saturated rings. The predicted octanol–water partition coefficient (Wildman–Crippen LogP) is 5.87. The van der Waals surface area contributed by atoms with E-state index < -0.39 is 7.14 Å². The van der Waals surface area contributed by atoms with Crippen molar-refractivity contribution in [2.45, 2.75) is 0 Å². The number of anilines is 3. The molecule has 0 radical (unpaired) electrons. The highest BCUT2D eigenvalue weighted by Crippen LogP contribution is 2.54. The number of fused-ring (bicyclic) bond motifs is 2. The van der Waals surface area contributed by atoms with Gasteiger partial charge in [0, 0.05) is 26.1 Å². The summed E-state index contributed by atoms with van der Waals surface area (Å²) in [5.41, 5.74) is 2.96. The van der Waals surface area contributed by atoms with Crippen LogP contribution in [0.3, 0.4) is 0 Å². The molecule has 0 amide bonds. The summed E-state index contributed by atoms with van der Waals surface area (Å²) >= 11 is 3.61. The third-order valence-corrected chi connectivity index (χ3v) is 8.75. The Kier molecular flexibility index (Phi) is 4.23. The average Bonchev–Trinajstić information content (AvgIpc) is 2.75. The molecule has 4 heteroatoms. The average molecular weight is 446 g/mol. The minimum absolute atomic E-state index is 0.860. The first-order valence-corrected chi connectivity index (χ1v) is 11.6. The Morgan fingerprint density at radius 1 is 0.643 bits per heavy atom. The van der Waals surface area contributed by atoms with Gasteiger partial charge in [-0.2, -0.15) is 0 Å². The van der Waals surface area contributed by atoms with Gasteiger partial charge >= 0.3 is 0 Å². The lowest BCUT2D eigenvalue weighted by Gasteiger charge is -2.38. The second-order valence-corrected chi connectivity index (χ2v) is 10.4. The highest BCUT2D eigenvalue weighted by atomic mass is 79.9. The molecule has 0 aromatic heterocycles. The molecule has 0 bridgehead atoms. The zero-order chi connectivity index (χ0) is 19.1. The minimum Gasteiger partial charge on any atom is -0.309 e. The van der Waals surface area contributed by atoms with Crippen LogP contribution in [-0.4, -0.2) is 0 Å². The van der Waals surface area contributed by atoms with Crippen molar-refractivity contribution < 1.29 is 4.57 Å². The first kappa shape index (κ1) is 17.5. The van der Waals surface area contributed by atoms with Crippen LogP contribution in [0, 0.1) is 0 Å². The molecule has 136 valence electrons. The van der Waals surface area contributed by atoms with Crippen molar-refractivity contribution in [1.29, 1.82) is 0 Å². The van der Waals surface area contributed by atoms with Gasteiger partial charge in [-0.1, -0.05) is 76.6 Å². The van der Waals surface area contributed by atoms with E-state index in [1.54, 1.807) is 0 Å². The third kappa shape index (κ3) is 2.58. The van der Waals surface area contributed by atoms with Crippen molar-refractivity contribution in [1.82, 2.24) is 0 Å². The van der Waals surface area contributed by atoms with Crippen LogP contribution in [-0.2, 0) is 4.57 Å². The van der Waals surface area contributed by atoms with Gasteiger partial charge in [0.25, 0.3) is 0 Å². The SMILES string of the molecule is O=P1(c2ccccc2)c2ccccc2N(c2ccccc2)c2cc(Br)ccc21.